The van der Waals surface area contributed by atoms with E-state index in [9.17, 15) is 27.6 Å². The van der Waals surface area contributed by atoms with Gasteiger partial charge in [-0.2, -0.15) is 0 Å². The van der Waals surface area contributed by atoms with Crippen molar-refractivity contribution in [1.82, 2.24) is 9.55 Å². The molecular weight excluding hydrogens is 452 g/mol. The van der Waals surface area contributed by atoms with Gasteiger partial charge in [0.25, 0.3) is 11.5 Å². The van der Waals surface area contributed by atoms with Gasteiger partial charge in [-0.15, -0.1) is 0 Å². The summed E-state index contributed by atoms with van der Waals surface area (Å²) in [6.07, 6.45) is 2.87. The van der Waals surface area contributed by atoms with Gasteiger partial charge in [-0.1, -0.05) is 20.3 Å². The van der Waals surface area contributed by atoms with Gasteiger partial charge < -0.3 is 15.4 Å². The summed E-state index contributed by atoms with van der Waals surface area (Å²) in [5.74, 6) is -1.67. The Morgan fingerprint density at radius 2 is 1.76 bits per heavy atom. The van der Waals surface area contributed by atoms with E-state index in [2.05, 4.69) is 4.98 Å². The van der Waals surface area contributed by atoms with Crippen LogP contribution in [-0.2, 0) is 25.9 Å². The molecule has 0 atom stereocenters. The standard InChI is InChI=1S/C21H28N4O7S/c1-4-6-12-24(17-18(22)25(11-5-2)21(29)23-19(17)27)16(26)13-32-20(28)14-7-9-15(10-8-14)33(3,30)31/h7-10H,4-6,11-13,22H2,1-3H3,(H,23,27,29). The highest BCUT2D eigenvalue weighted by molar-refractivity contribution is 7.90. The smallest absolute Gasteiger partial charge is 0.338 e. The van der Waals surface area contributed by atoms with Gasteiger partial charge >= 0.3 is 11.7 Å². The minimum absolute atomic E-state index is 0.0396. The number of rotatable bonds is 10. The number of amides is 1. The number of nitrogen functional groups attached to an aromatic ring is 1. The Labute approximate surface area is 191 Å². The van der Waals surface area contributed by atoms with Gasteiger partial charge in [0.1, 0.15) is 5.82 Å². The average Bonchev–Trinajstić information content (AvgIpc) is 2.76. The highest BCUT2D eigenvalue weighted by Gasteiger charge is 2.25. The number of nitrogens with two attached hydrogens (primary N) is 1. The summed E-state index contributed by atoms with van der Waals surface area (Å²) in [5, 5.41) is 0. The molecule has 0 aliphatic carbocycles. The van der Waals surface area contributed by atoms with Crippen LogP contribution in [0.2, 0.25) is 0 Å². The molecule has 33 heavy (non-hydrogen) atoms. The van der Waals surface area contributed by atoms with Crippen LogP contribution < -0.4 is 21.9 Å². The summed E-state index contributed by atoms with van der Waals surface area (Å²) >= 11 is 0. The Morgan fingerprint density at radius 3 is 2.30 bits per heavy atom. The number of aromatic nitrogens is 2. The monoisotopic (exact) mass is 480 g/mol. The molecule has 11 nitrogen and oxygen atoms in total. The van der Waals surface area contributed by atoms with E-state index in [1.165, 1.54) is 28.8 Å². The van der Waals surface area contributed by atoms with Crippen molar-refractivity contribution in [3.8, 4) is 0 Å². The quantitative estimate of drug-likeness (QED) is 0.474. The fourth-order valence-electron chi connectivity index (χ4n) is 3.09. The number of anilines is 2. The molecule has 1 aromatic carbocycles. The number of ether oxygens (including phenoxy) is 1. The molecule has 0 bridgehead atoms. The number of nitrogens with one attached hydrogen (secondary N) is 1. The number of nitrogens with zero attached hydrogens (tertiary/aromatic N) is 2. The maximum atomic E-state index is 12.9. The van der Waals surface area contributed by atoms with Crippen LogP contribution in [0.4, 0.5) is 11.5 Å². The van der Waals surface area contributed by atoms with Crippen molar-refractivity contribution >= 4 is 33.2 Å². The van der Waals surface area contributed by atoms with Gasteiger partial charge in [0.05, 0.1) is 10.5 Å². The lowest BCUT2D eigenvalue weighted by Gasteiger charge is -2.24. The number of hydrogen-bond acceptors (Lipinski definition) is 8. The lowest BCUT2D eigenvalue weighted by atomic mass is 10.2. The van der Waals surface area contributed by atoms with Crippen LogP contribution in [0.3, 0.4) is 0 Å². The first kappa shape index (κ1) is 25.8. The molecule has 0 fully saturated rings. The topological polar surface area (TPSA) is 162 Å². The van der Waals surface area contributed by atoms with Gasteiger partial charge in [-0.25, -0.2) is 18.0 Å². The van der Waals surface area contributed by atoms with Crippen molar-refractivity contribution in [2.45, 2.75) is 44.6 Å². The molecule has 0 aliphatic rings. The van der Waals surface area contributed by atoms with Crippen molar-refractivity contribution in [2.24, 2.45) is 0 Å². The van der Waals surface area contributed by atoms with E-state index >= 15 is 0 Å². The summed E-state index contributed by atoms with van der Waals surface area (Å²) in [4.78, 5) is 53.1. The van der Waals surface area contributed by atoms with Crippen molar-refractivity contribution in [3.05, 3.63) is 50.7 Å². The zero-order valence-corrected chi connectivity index (χ0v) is 19.6. The lowest BCUT2D eigenvalue weighted by molar-refractivity contribution is -0.121. The van der Waals surface area contributed by atoms with E-state index in [0.29, 0.717) is 19.3 Å². The first-order chi connectivity index (χ1) is 15.5. The number of hydrogen-bond donors (Lipinski definition) is 2. The SMILES string of the molecule is CCCCN(C(=O)COC(=O)c1ccc(S(C)(=O)=O)cc1)c1c(N)n(CCC)c(=O)[nH]c1=O. The molecule has 1 aromatic heterocycles. The second-order valence-corrected chi connectivity index (χ2v) is 9.43. The van der Waals surface area contributed by atoms with Crippen molar-refractivity contribution in [3.63, 3.8) is 0 Å². The summed E-state index contributed by atoms with van der Waals surface area (Å²) < 4.78 is 29.3. The van der Waals surface area contributed by atoms with Crippen LogP contribution >= 0.6 is 0 Å². The number of aromatic amines is 1. The molecule has 0 spiro atoms. The van der Waals surface area contributed by atoms with Gasteiger partial charge in [-0.05, 0) is 37.1 Å². The molecule has 0 radical (unpaired) electrons. The van der Waals surface area contributed by atoms with Gasteiger partial charge in [0, 0.05) is 19.3 Å². The van der Waals surface area contributed by atoms with E-state index in [1.807, 2.05) is 13.8 Å². The van der Waals surface area contributed by atoms with E-state index in [1.54, 1.807) is 0 Å². The number of esters is 1. The summed E-state index contributed by atoms with van der Waals surface area (Å²) in [6.45, 7) is 3.44. The number of H-pyrrole nitrogens is 1. The summed E-state index contributed by atoms with van der Waals surface area (Å²) in [7, 11) is -3.42. The summed E-state index contributed by atoms with van der Waals surface area (Å²) in [5.41, 5.74) is 4.48. The fourth-order valence-corrected chi connectivity index (χ4v) is 3.72. The third-order valence-corrected chi connectivity index (χ3v) is 5.94. The Balaban J connectivity index is 2.27. The maximum absolute atomic E-state index is 12.9. The molecule has 3 N–H and O–H groups in total. The highest BCUT2D eigenvalue weighted by atomic mass is 32.2. The maximum Gasteiger partial charge on any atom is 0.338 e. The second kappa shape index (κ2) is 10.9. The number of carbonyl (C=O) groups is 2. The van der Waals surface area contributed by atoms with E-state index in [4.69, 9.17) is 10.5 Å². The highest BCUT2D eigenvalue weighted by Crippen LogP contribution is 2.18. The molecule has 0 saturated heterocycles. The Morgan fingerprint density at radius 1 is 1.12 bits per heavy atom. The van der Waals surface area contributed by atoms with Gasteiger partial charge in [0.15, 0.2) is 22.1 Å². The first-order valence-electron chi connectivity index (χ1n) is 10.4. The molecule has 12 heteroatoms. The third-order valence-electron chi connectivity index (χ3n) is 4.81. The fraction of sp³-hybridized carbons (Fsp3) is 0.429. The normalized spacial score (nSPS) is 11.2. The predicted molar refractivity (Wildman–Crippen MR) is 123 cm³/mol. The molecule has 0 aliphatic heterocycles. The number of benzene rings is 1. The molecular formula is C21H28N4O7S. The lowest BCUT2D eigenvalue weighted by Crippen LogP contribution is -2.43. The van der Waals surface area contributed by atoms with Crippen LogP contribution in [0, 0.1) is 0 Å². The van der Waals surface area contributed by atoms with Gasteiger partial charge in [-0.3, -0.25) is 19.1 Å². The zero-order chi connectivity index (χ0) is 24.8. The first-order valence-corrected chi connectivity index (χ1v) is 12.3. The number of unbranched alkanes of at least 4 members (excludes halogenated alkanes) is 1. The van der Waals surface area contributed by atoms with Crippen LogP contribution in [0.1, 0.15) is 43.5 Å². The Kier molecular flexibility index (Phi) is 8.57. The van der Waals surface area contributed by atoms with Crippen LogP contribution in [0.5, 0.6) is 0 Å². The molecule has 0 saturated carbocycles. The van der Waals surface area contributed by atoms with Gasteiger partial charge in [0.2, 0.25) is 0 Å². The molecule has 2 rings (SSSR count). The Bertz CT molecular complexity index is 1230. The Hall–Kier alpha value is -3.41. The van der Waals surface area contributed by atoms with Crippen LogP contribution in [0.25, 0.3) is 0 Å². The second-order valence-electron chi connectivity index (χ2n) is 7.42. The van der Waals surface area contributed by atoms with E-state index in [-0.39, 0.29) is 35.1 Å². The summed E-state index contributed by atoms with van der Waals surface area (Å²) in [6, 6.07) is 5.08. The molecule has 180 valence electrons. The largest absolute Gasteiger partial charge is 0.452 e. The average molecular weight is 481 g/mol. The molecule has 1 heterocycles. The number of sulfone groups is 1. The third kappa shape index (κ3) is 6.31. The van der Waals surface area contributed by atoms with E-state index < -0.39 is 39.6 Å². The molecule has 0 unspecified atom stereocenters. The van der Waals surface area contributed by atoms with E-state index in [0.717, 1.165) is 11.2 Å². The molecule has 2 aromatic rings. The minimum Gasteiger partial charge on any atom is -0.452 e. The van der Waals surface area contributed by atoms with Crippen molar-refractivity contribution < 1.29 is 22.7 Å². The number of carbonyl (C=O) groups excluding carboxylic acids is 2. The van der Waals surface area contributed by atoms with Crippen molar-refractivity contribution in [2.75, 3.05) is 30.0 Å². The predicted octanol–water partition coefficient (Wildman–Crippen LogP) is 0.922. The minimum atomic E-state index is -3.42. The van der Waals surface area contributed by atoms with Crippen LogP contribution in [-0.4, -0.2) is 49.3 Å². The zero-order valence-electron chi connectivity index (χ0n) is 18.8. The van der Waals surface area contributed by atoms with Crippen LogP contribution in [0.15, 0.2) is 38.8 Å². The molecule has 1 amide bonds. The van der Waals surface area contributed by atoms with Crippen molar-refractivity contribution in [1.29, 1.82) is 0 Å².